The Bertz CT molecular complexity index is 1740. The van der Waals surface area contributed by atoms with E-state index < -0.39 is 5.92 Å². The second-order valence-electron chi connectivity index (χ2n) is 9.24. The molecule has 0 saturated carbocycles. The topological polar surface area (TPSA) is 112 Å². The Morgan fingerprint density at radius 3 is 2.73 bits per heavy atom. The maximum Gasteiger partial charge on any atom is 0.261 e. The van der Waals surface area contributed by atoms with Gasteiger partial charge in [0.2, 0.25) is 0 Å². The van der Waals surface area contributed by atoms with Crippen molar-refractivity contribution >= 4 is 22.1 Å². The molecule has 0 spiro atoms. The quantitative estimate of drug-likeness (QED) is 0.342. The van der Waals surface area contributed by atoms with Gasteiger partial charge in [-0.3, -0.25) is 20.0 Å². The summed E-state index contributed by atoms with van der Waals surface area (Å²) in [5.74, 6) is -2.06. The van der Waals surface area contributed by atoms with Gasteiger partial charge in [0.25, 0.3) is 5.92 Å². The summed E-state index contributed by atoms with van der Waals surface area (Å²) in [5.41, 5.74) is 7.61. The molecule has 2 N–H and O–H groups in total. The van der Waals surface area contributed by atoms with Crippen LogP contribution in [-0.2, 0) is 6.54 Å². The Labute approximate surface area is 208 Å². The maximum atomic E-state index is 13.6. The summed E-state index contributed by atoms with van der Waals surface area (Å²) in [4.78, 5) is 23.4. The van der Waals surface area contributed by atoms with Crippen LogP contribution in [0.4, 0.5) is 8.78 Å². The van der Waals surface area contributed by atoms with Crippen molar-refractivity contribution in [1.29, 1.82) is 0 Å². The summed E-state index contributed by atoms with van der Waals surface area (Å²) < 4.78 is 32.4. The van der Waals surface area contributed by atoms with E-state index in [0.29, 0.717) is 35.8 Å². The number of hydrogen-bond donors (Lipinski definition) is 2. The molecular weight excluding hydrogens is 478 g/mol. The van der Waals surface area contributed by atoms with Gasteiger partial charge in [-0.05, 0) is 29.8 Å². The number of likely N-dealkylation sites (tertiary alicyclic amines) is 1. The molecule has 0 aromatic carbocycles. The third-order valence-corrected chi connectivity index (χ3v) is 6.60. The Morgan fingerprint density at radius 2 is 1.89 bits per heavy atom. The molecule has 37 heavy (non-hydrogen) atoms. The van der Waals surface area contributed by atoms with E-state index in [1.807, 2.05) is 24.3 Å². The number of rotatable bonds is 5. The van der Waals surface area contributed by atoms with Gasteiger partial charge in [0.15, 0.2) is 11.5 Å². The van der Waals surface area contributed by atoms with Crippen LogP contribution in [0.15, 0.2) is 66.0 Å². The van der Waals surface area contributed by atoms with Crippen molar-refractivity contribution in [3.05, 3.63) is 67.1 Å². The van der Waals surface area contributed by atoms with Crippen LogP contribution in [0.25, 0.3) is 56.0 Å². The number of hydrogen-bond acceptors (Lipinski definition) is 7. The highest BCUT2D eigenvalue weighted by molar-refractivity contribution is 5.95. The summed E-state index contributed by atoms with van der Waals surface area (Å²) in [6, 6.07) is 7.60. The lowest BCUT2D eigenvalue weighted by Crippen LogP contribution is -2.24. The molecule has 7 rings (SSSR count). The molecule has 1 fully saturated rings. The van der Waals surface area contributed by atoms with E-state index >= 15 is 0 Å². The fourth-order valence-electron chi connectivity index (χ4n) is 4.81. The third kappa shape index (κ3) is 3.93. The standard InChI is InChI=1S/C26H20F2N8O/c27-26(28)4-5-36(14-26)12-15-7-17(9-29-8-15)19-1-2-20-23(31-19)24(35-34-20)25-32-21-11-30-10-18(22(21)33-25)16-3-6-37-13-16/h1-3,6-11,13H,4-5,12,14H2,(H,32,33)(H,34,35). The Kier molecular flexibility index (Phi) is 4.86. The van der Waals surface area contributed by atoms with Crippen LogP contribution in [0.2, 0.25) is 0 Å². The molecule has 1 aliphatic heterocycles. The van der Waals surface area contributed by atoms with Crippen molar-refractivity contribution in [3.8, 4) is 33.9 Å². The summed E-state index contributed by atoms with van der Waals surface area (Å²) in [7, 11) is 0. The number of H-pyrrole nitrogens is 2. The average molecular weight is 498 g/mol. The molecule has 6 aromatic rings. The molecule has 0 unspecified atom stereocenters. The first-order valence-electron chi connectivity index (χ1n) is 11.8. The molecule has 0 atom stereocenters. The van der Waals surface area contributed by atoms with Gasteiger partial charge in [-0.2, -0.15) is 5.10 Å². The molecule has 1 aliphatic rings. The smallest absolute Gasteiger partial charge is 0.261 e. The lowest BCUT2D eigenvalue weighted by molar-refractivity contribution is 0.0115. The first kappa shape index (κ1) is 21.7. The van der Waals surface area contributed by atoms with Gasteiger partial charge in [0.05, 0.1) is 42.0 Å². The molecule has 7 heterocycles. The average Bonchev–Trinajstić information content (AvgIpc) is 3.69. The van der Waals surface area contributed by atoms with E-state index in [9.17, 15) is 8.78 Å². The van der Waals surface area contributed by atoms with Gasteiger partial charge in [0, 0.05) is 54.8 Å². The number of pyridine rings is 3. The van der Waals surface area contributed by atoms with Crippen molar-refractivity contribution in [2.75, 3.05) is 13.1 Å². The fourth-order valence-corrected chi connectivity index (χ4v) is 4.81. The third-order valence-electron chi connectivity index (χ3n) is 6.60. The van der Waals surface area contributed by atoms with Crippen molar-refractivity contribution in [2.24, 2.45) is 0 Å². The van der Waals surface area contributed by atoms with Gasteiger partial charge in [-0.1, -0.05) is 0 Å². The molecule has 184 valence electrons. The van der Waals surface area contributed by atoms with Crippen LogP contribution < -0.4 is 0 Å². The summed E-state index contributed by atoms with van der Waals surface area (Å²) in [6.45, 7) is 0.561. The van der Waals surface area contributed by atoms with Crippen LogP contribution in [0.5, 0.6) is 0 Å². The number of aromatic amines is 2. The highest BCUT2D eigenvalue weighted by atomic mass is 19.3. The first-order chi connectivity index (χ1) is 18.0. The van der Waals surface area contributed by atoms with Crippen LogP contribution in [0.3, 0.4) is 0 Å². The predicted molar refractivity (Wildman–Crippen MR) is 133 cm³/mol. The van der Waals surface area contributed by atoms with Gasteiger partial charge < -0.3 is 9.40 Å². The summed E-state index contributed by atoms with van der Waals surface area (Å²) in [5, 5.41) is 7.50. The minimum atomic E-state index is -2.62. The van der Waals surface area contributed by atoms with E-state index in [4.69, 9.17) is 14.4 Å². The van der Waals surface area contributed by atoms with Crippen molar-refractivity contribution in [2.45, 2.75) is 18.9 Å². The zero-order valence-corrected chi connectivity index (χ0v) is 19.4. The molecule has 0 amide bonds. The van der Waals surface area contributed by atoms with Crippen molar-refractivity contribution < 1.29 is 13.2 Å². The number of nitrogens with one attached hydrogen (secondary N) is 2. The molecule has 0 aliphatic carbocycles. The van der Waals surface area contributed by atoms with Crippen LogP contribution >= 0.6 is 0 Å². The predicted octanol–water partition coefficient (Wildman–Crippen LogP) is 5.06. The molecule has 9 nitrogen and oxygen atoms in total. The molecule has 11 heteroatoms. The zero-order chi connectivity index (χ0) is 25.0. The highest BCUT2D eigenvalue weighted by Crippen LogP contribution is 2.32. The van der Waals surface area contributed by atoms with E-state index in [1.54, 1.807) is 42.2 Å². The second kappa shape index (κ2) is 8.27. The van der Waals surface area contributed by atoms with Gasteiger partial charge in [-0.15, -0.1) is 0 Å². The minimum Gasteiger partial charge on any atom is -0.472 e. The lowest BCUT2D eigenvalue weighted by Gasteiger charge is -2.15. The van der Waals surface area contributed by atoms with Crippen LogP contribution in [0, 0.1) is 0 Å². The molecule has 1 saturated heterocycles. The van der Waals surface area contributed by atoms with Crippen molar-refractivity contribution in [3.63, 3.8) is 0 Å². The normalized spacial score (nSPS) is 15.7. The van der Waals surface area contributed by atoms with E-state index in [-0.39, 0.29) is 13.0 Å². The Balaban J connectivity index is 1.24. The number of imidazole rings is 1. The van der Waals surface area contributed by atoms with E-state index in [0.717, 1.165) is 38.8 Å². The number of aromatic nitrogens is 7. The van der Waals surface area contributed by atoms with Gasteiger partial charge >= 0.3 is 0 Å². The monoisotopic (exact) mass is 498 g/mol. The summed E-state index contributed by atoms with van der Waals surface area (Å²) in [6.07, 6.45) is 10.1. The van der Waals surface area contributed by atoms with Gasteiger partial charge in [-0.25, -0.2) is 18.7 Å². The largest absolute Gasteiger partial charge is 0.472 e. The van der Waals surface area contributed by atoms with Crippen LogP contribution in [-0.4, -0.2) is 59.0 Å². The first-order valence-corrected chi connectivity index (χ1v) is 11.8. The number of halogens is 2. The van der Waals surface area contributed by atoms with E-state index in [2.05, 4.69) is 25.1 Å². The highest BCUT2D eigenvalue weighted by Gasteiger charge is 2.37. The Morgan fingerprint density at radius 1 is 0.973 bits per heavy atom. The Hall–Kier alpha value is -4.51. The zero-order valence-electron chi connectivity index (χ0n) is 19.4. The lowest BCUT2D eigenvalue weighted by atomic mass is 10.1. The van der Waals surface area contributed by atoms with Crippen molar-refractivity contribution in [1.82, 2.24) is 40.0 Å². The van der Waals surface area contributed by atoms with Crippen LogP contribution in [0.1, 0.15) is 12.0 Å². The number of alkyl halides is 2. The van der Waals surface area contributed by atoms with E-state index in [1.165, 1.54) is 0 Å². The molecular formula is C26H20F2N8O. The number of fused-ring (bicyclic) bond motifs is 2. The molecule has 0 bridgehead atoms. The fraction of sp³-hybridized carbons (Fsp3) is 0.192. The number of nitrogens with zero attached hydrogens (tertiary/aromatic N) is 6. The minimum absolute atomic E-state index is 0.108. The molecule has 0 radical (unpaired) electrons. The van der Waals surface area contributed by atoms with Gasteiger partial charge in [0.1, 0.15) is 11.0 Å². The maximum absolute atomic E-state index is 13.6. The number of furan rings is 1. The SMILES string of the molecule is FC1(F)CCN(Cc2cncc(-c3ccc4[nH]nc(-c5nc6c(-c7ccoc7)cncc6[nH]5)c4n3)c2)C1. The summed E-state index contributed by atoms with van der Waals surface area (Å²) >= 11 is 0. The second-order valence-corrected chi connectivity index (χ2v) is 9.24. The molecule has 6 aromatic heterocycles.